The first-order chi connectivity index (χ1) is 9.63. The number of ether oxygens (including phenoxy) is 2. The molecule has 0 aromatic carbocycles. The van der Waals surface area contributed by atoms with Crippen LogP contribution >= 0.6 is 0 Å². The molecule has 0 amide bonds. The van der Waals surface area contributed by atoms with Gasteiger partial charge in [-0.05, 0) is 39.7 Å². The summed E-state index contributed by atoms with van der Waals surface area (Å²) >= 11 is 0. The zero-order valence-corrected chi connectivity index (χ0v) is 12.9. The summed E-state index contributed by atoms with van der Waals surface area (Å²) in [5, 5.41) is 0. The van der Waals surface area contributed by atoms with Crippen molar-refractivity contribution < 1.29 is 19.1 Å². The van der Waals surface area contributed by atoms with E-state index in [2.05, 4.69) is 11.8 Å². The van der Waals surface area contributed by atoms with Gasteiger partial charge in [0.1, 0.15) is 6.04 Å². The molecule has 1 heterocycles. The highest BCUT2D eigenvalue weighted by atomic mass is 16.5. The molecule has 1 fully saturated rings. The van der Waals surface area contributed by atoms with E-state index in [0.29, 0.717) is 19.8 Å². The summed E-state index contributed by atoms with van der Waals surface area (Å²) < 4.78 is 10.3. The van der Waals surface area contributed by atoms with E-state index < -0.39 is 0 Å². The Morgan fingerprint density at radius 1 is 1.20 bits per heavy atom. The molecule has 0 N–H and O–H groups in total. The highest BCUT2D eigenvalue weighted by molar-refractivity contribution is 5.76. The molecule has 0 spiro atoms. The maximum Gasteiger partial charge on any atom is 0.323 e. The van der Waals surface area contributed by atoms with E-state index in [1.807, 2.05) is 13.8 Å². The van der Waals surface area contributed by atoms with E-state index in [-0.39, 0.29) is 23.9 Å². The first-order valence-electron chi connectivity index (χ1n) is 7.71. The zero-order valence-electron chi connectivity index (χ0n) is 12.9. The van der Waals surface area contributed by atoms with Gasteiger partial charge in [-0.3, -0.25) is 14.5 Å². The Hall–Kier alpha value is -1.10. The van der Waals surface area contributed by atoms with E-state index in [4.69, 9.17) is 9.47 Å². The molecule has 5 heteroatoms. The van der Waals surface area contributed by atoms with Crippen molar-refractivity contribution in [3.63, 3.8) is 0 Å². The van der Waals surface area contributed by atoms with E-state index in [1.54, 1.807) is 0 Å². The molecule has 2 atom stereocenters. The van der Waals surface area contributed by atoms with Crippen molar-refractivity contribution in [3.05, 3.63) is 0 Å². The molecular formula is C15H27NO4. The monoisotopic (exact) mass is 285 g/mol. The maximum atomic E-state index is 12.1. The smallest absolute Gasteiger partial charge is 0.323 e. The van der Waals surface area contributed by atoms with Crippen LogP contribution in [0.2, 0.25) is 0 Å². The number of piperidine rings is 1. The predicted octanol–water partition coefficient (Wildman–Crippen LogP) is 1.99. The third-order valence-electron chi connectivity index (χ3n) is 3.63. The second kappa shape index (κ2) is 8.95. The highest BCUT2D eigenvalue weighted by Gasteiger charge is 2.33. The number of likely N-dealkylation sites (tertiary alicyclic amines) is 1. The summed E-state index contributed by atoms with van der Waals surface area (Å²) in [4.78, 5) is 26.0. The van der Waals surface area contributed by atoms with Crippen LogP contribution in [0, 0.1) is 5.92 Å². The van der Waals surface area contributed by atoms with Gasteiger partial charge in [0.15, 0.2) is 0 Å². The number of rotatable bonds is 7. The highest BCUT2D eigenvalue weighted by Crippen LogP contribution is 2.22. The normalized spacial score (nSPS) is 21.2. The van der Waals surface area contributed by atoms with Gasteiger partial charge in [-0.15, -0.1) is 0 Å². The number of carbonyl (C=O) groups is 2. The molecule has 5 nitrogen and oxygen atoms in total. The van der Waals surface area contributed by atoms with Crippen molar-refractivity contribution in [3.8, 4) is 0 Å². The molecule has 20 heavy (non-hydrogen) atoms. The Balaban J connectivity index is 2.65. The zero-order chi connectivity index (χ0) is 15.0. The Bertz CT molecular complexity index is 319. The third-order valence-corrected chi connectivity index (χ3v) is 3.63. The molecule has 0 bridgehead atoms. The minimum atomic E-state index is -0.225. The predicted molar refractivity (Wildman–Crippen MR) is 76.3 cm³/mol. The first kappa shape index (κ1) is 17.0. The number of esters is 2. The van der Waals surface area contributed by atoms with Crippen LogP contribution in [-0.2, 0) is 19.1 Å². The van der Waals surface area contributed by atoms with Crippen LogP contribution < -0.4 is 0 Å². The van der Waals surface area contributed by atoms with Gasteiger partial charge < -0.3 is 9.47 Å². The Morgan fingerprint density at radius 3 is 2.50 bits per heavy atom. The van der Waals surface area contributed by atoms with Crippen LogP contribution in [0.4, 0.5) is 0 Å². The molecule has 116 valence electrons. The van der Waals surface area contributed by atoms with Crippen molar-refractivity contribution in [2.75, 3.05) is 26.3 Å². The molecule has 0 saturated carbocycles. The van der Waals surface area contributed by atoms with Crippen LogP contribution in [0.15, 0.2) is 0 Å². The number of carbonyl (C=O) groups excluding carboxylic acids is 2. The minimum Gasteiger partial charge on any atom is -0.466 e. The Morgan fingerprint density at radius 2 is 1.90 bits per heavy atom. The standard InChI is InChI=1S/C15H27NO4/c1-4-8-13(15(18)20-6-3)16-10-7-9-12(11-16)14(17)19-5-2/h12-13H,4-11H2,1-3H3. The SMILES string of the molecule is CCCC(C(=O)OCC)N1CCCC(C(=O)OCC)C1. The van der Waals surface area contributed by atoms with Crippen LogP contribution in [0.25, 0.3) is 0 Å². The molecule has 1 aliphatic rings. The van der Waals surface area contributed by atoms with E-state index in [0.717, 1.165) is 32.2 Å². The van der Waals surface area contributed by atoms with Gasteiger partial charge in [-0.25, -0.2) is 0 Å². The molecule has 1 saturated heterocycles. The van der Waals surface area contributed by atoms with Crippen LogP contribution in [0.1, 0.15) is 46.5 Å². The van der Waals surface area contributed by atoms with Gasteiger partial charge >= 0.3 is 11.9 Å². The fraction of sp³-hybridized carbons (Fsp3) is 0.867. The average Bonchev–Trinajstić information content (AvgIpc) is 2.45. The number of nitrogens with zero attached hydrogens (tertiary/aromatic N) is 1. The van der Waals surface area contributed by atoms with Gasteiger partial charge in [0, 0.05) is 6.54 Å². The maximum absolute atomic E-state index is 12.1. The summed E-state index contributed by atoms with van der Waals surface area (Å²) in [6.45, 7) is 7.94. The lowest BCUT2D eigenvalue weighted by molar-refractivity contribution is -0.156. The largest absolute Gasteiger partial charge is 0.466 e. The summed E-state index contributed by atoms with van der Waals surface area (Å²) in [7, 11) is 0. The minimum absolute atomic E-state index is 0.113. The van der Waals surface area contributed by atoms with Gasteiger partial charge in [0.2, 0.25) is 0 Å². The quantitative estimate of drug-likeness (QED) is 0.670. The summed E-state index contributed by atoms with van der Waals surface area (Å²) in [5.74, 6) is -0.423. The second-order valence-corrected chi connectivity index (χ2v) is 5.14. The van der Waals surface area contributed by atoms with Gasteiger partial charge in [0.25, 0.3) is 0 Å². The third kappa shape index (κ3) is 4.78. The number of hydrogen-bond acceptors (Lipinski definition) is 5. The van der Waals surface area contributed by atoms with Crippen molar-refractivity contribution >= 4 is 11.9 Å². The number of hydrogen-bond donors (Lipinski definition) is 0. The molecule has 0 radical (unpaired) electrons. The average molecular weight is 285 g/mol. The van der Waals surface area contributed by atoms with Crippen molar-refractivity contribution in [1.82, 2.24) is 4.90 Å². The Labute approximate surface area is 121 Å². The molecule has 1 rings (SSSR count). The summed E-state index contributed by atoms with van der Waals surface area (Å²) in [6, 6.07) is -0.225. The second-order valence-electron chi connectivity index (χ2n) is 5.14. The lowest BCUT2D eigenvalue weighted by Gasteiger charge is -2.36. The fourth-order valence-corrected chi connectivity index (χ4v) is 2.70. The van der Waals surface area contributed by atoms with E-state index in [9.17, 15) is 9.59 Å². The lowest BCUT2D eigenvalue weighted by atomic mass is 9.95. The van der Waals surface area contributed by atoms with Gasteiger partial charge in [0.05, 0.1) is 19.1 Å². The molecular weight excluding hydrogens is 258 g/mol. The van der Waals surface area contributed by atoms with E-state index >= 15 is 0 Å². The fourth-order valence-electron chi connectivity index (χ4n) is 2.70. The van der Waals surface area contributed by atoms with Crippen LogP contribution in [0.5, 0.6) is 0 Å². The molecule has 0 aliphatic carbocycles. The lowest BCUT2D eigenvalue weighted by Crippen LogP contribution is -2.49. The Kier molecular flexibility index (Phi) is 7.59. The summed E-state index contributed by atoms with van der Waals surface area (Å²) in [6.07, 6.45) is 3.46. The van der Waals surface area contributed by atoms with Crippen LogP contribution in [0.3, 0.4) is 0 Å². The van der Waals surface area contributed by atoms with Crippen molar-refractivity contribution in [1.29, 1.82) is 0 Å². The first-order valence-corrected chi connectivity index (χ1v) is 7.71. The topological polar surface area (TPSA) is 55.8 Å². The molecule has 1 aliphatic heterocycles. The molecule has 0 aromatic rings. The van der Waals surface area contributed by atoms with Crippen molar-refractivity contribution in [2.24, 2.45) is 5.92 Å². The molecule has 2 unspecified atom stereocenters. The van der Waals surface area contributed by atoms with Crippen LogP contribution in [-0.4, -0.2) is 49.2 Å². The molecule has 0 aromatic heterocycles. The summed E-state index contributed by atoms with van der Waals surface area (Å²) in [5.41, 5.74) is 0. The van der Waals surface area contributed by atoms with Crippen molar-refractivity contribution in [2.45, 2.75) is 52.5 Å². The van der Waals surface area contributed by atoms with E-state index in [1.165, 1.54) is 0 Å². The van der Waals surface area contributed by atoms with Gasteiger partial charge in [-0.1, -0.05) is 13.3 Å². The van der Waals surface area contributed by atoms with Gasteiger partial charge in [-0.2, -0.15) is 0 Å².